The van der Waals surface area contributed by atoms with E-state index in [-0.39, 0.29) is 6.61 Å². The van der Waals surface area contributed by atoms with Gasteiger partial charge in [0, 0.05) is 26.2 Å². The third kappa shape index (κ3) is 5.73. The van der Waals surface area contributed by atoms with Gasteiger partial charge in [-0.15, -0.1) is 0 Å². The Morgan fingerprint density at radius 3 is 2.30 bits per heavy atom. The van der Waals surface area contributed by atoms with Crippen molar-refractivity contribution in [2.45, 2.75) is 13.2 Å². The van der Waals surface area contributed by atoms with E-state index in [0.717, 1.165) is 16.7 Å². The first-order chi connectivity index (χ1) is 14.5. The summed E-state index contributed by atoms with van der Waals surface area (Å²) in [6.45, 7) is 0.655. The molecule has 0 saturated heterocycles. The fourth-order valence-electron chi connectivity index (χ4n) is 2.67. The van der Waals surface area contributed by atoms with Crippen LogP contribution in [0.25, 0.3) is 0 Å². The number of hydrogen-bond acceptors (Lipinski definition) is 4. The second-order valence-electron chi connectivity index (χ2n) is 6.21. The van der Waals surface area contributed by atoms with E-state index in [1.165, 1.54) is 0 Å². The van der Waals surface area contributed by atoms with Crippen LogP contribution in [0.15, 0.2) is 59.7 Å². The summed E-state index contributed by atoms with van der Waals surface area (Å²) in [5.41, 5.74) is 5.29. The van der Waals surface area contributed by atoms with E-state index >= 15 is 0 Å². The second kappa shape index (κ2) is 10.8. The van der Waals surface area contributed by atoms with Crippen LogP contribution in [0, 0.1) is 0 Å². The molecule has 3 rings (SSSR count). The van der Waals surface area contributed by atoms with Gasteiger partial charge in [0.25, 0.3) is 0 Å². The minimum Gasteiger partial charge on any atom is -0.493 e. The molecule has 0 unspecified atom stereocenters. The summed E-state index contributed by atoms with van der Waals surface area (Å²) in [5, 5.41) is 6.39. The largest absolute Gasteiger partial charge is 0.493 e. The number of rotatable bonds is 8. The molecular formula is C22H18Cl4N2O2. The predicted octanol–water partition coefficient (Wildman–Crippen LogP) is 7.01. The van der Waals surface area contributed by atoms with Gasteiger partial charge in [-0.1, -0.05) is 70.7 Å². The van der Waals surface area contributed by atoms with E-state index in [0.29, 0.717) is 38.1 Å². The van der Waals surface area contributed by atoms with Gasteiger partial charge in [-0.05, 0) is 35.9 Å². The molecule has 156 valence electrons. The fourth-order valence-corrected chi connectivity index (χ4v) is 3.66. The first-order valence-electron chi connectivity index (χ1n) is 8.92. The molecule has 0 aromatic heterocycles. The molecule has 0 radical (unpaired) electrons. The standard InChI is InChI=1S/C22H18Cl4N2O2/c1-29-21-10-14(11-27-28-12-16-18(24)7-4-8-19(16)25)9-20(26)22(21)30-13-15-5-2-3-6-17(15)23/h2-11,28H,12-13H2,1H3/b27-11-. The molecule has 0 amide bonds. The van der Waals surface area contributed by atoms with Gasteiger partial charge in [0.2, 0.25) is 0 Å². The molecule has 1 N–H and O–H groups in total. The van der Waals surface area contributed by atoms with Gasteiger partial charge in [0.15, 0.2) is 11.5 Å². The third-order valence-electron chi connectivity index (χ3n) is 4.20. The fraction of sp³-hybridized carbons (Fsp3) is 0.136. The van der Waals surface area contributed by atoms with Crippen molar-refractivity contribution in [1.29, 1.82) is 0 Å². The molecule has 0 fully saturated rings. The van der Waals surface area contributed by atoms with E-state index in [9.17, 15) is 0 Å². The lowest BCUT2D eigenvalue weighted by Crippen LogP contribution is -2.07. The number of halogens is 4. The van der Waals surface area contributed by atoms with Gasteiger partial charge < -0.3 is 14.9 Å². The molecule has 0 aliphatic rings. The summed E-state index contributed by atoms with van der Waals surface area (Å²) in [6.07, 6.45) is 1.62. The van der Waals surface area contributed by atoms with Crippen molar-refractivity contribution in [3.05, 3.63) is 91.4 Å². The number of nitrogens with zero attached hydrogens (tertiary/aromatic N) is 1. The first kappa shape index (κ1) is 22.6. The zero-order valence-corrected chi connectivity index (χ0v) is 19.0. The molecule has 0 aliphatic carbocycles. The highest BCUT2D eigenvalue weighted by atomic mass is 35.5. The quantitative estimate of drug-likeness (QED) is 0.276. The van der Waals surface area contributed by atoms with Crippen molar-refractivity contribution < 1.29 is 9.47 Å². The average Bonchev–Trinajstić information content (AvgIpc) is 2.73. The molecule has 0 bridgehead atoms. The number of hydrogen-bond donors (Lipinski definition) is 1. The Kier molecular flexibility index (Phi) is 8.11. The van der Waals surface area contributed by atoms with Crippen molar-refractivity contribution in [2.24, 2.45) is 5.10 Å². The van der Waals surface area contributed by atoms with Crippen molar-refractivity contribution in [3.63, 3.8) is 0 Å². The average molecular weight is 484 g/mol. The smallest absolute Gasteiger partial charge is 0.180 e. The number of nitrogens with one attached hydrogen (secondary N) is 1. The van der Waals surface area contributed by atoms with E-state index in [2.05, 4.69) is 10.5 Å². The normalized spacial score (nSPS) is 11.0. The molecule has 3 aromatic carbocycles. The number of benzene rings is 3. The molecule has 0 saturated carbocycles. The van der Waals surface area contributed by atoms with Crippen LogP contribution in [0.3, 0.4) is 0 Å². The van der Waals surface area contributed by atoms with Gasteiger partial charge in [-0.25, -0.2) is 0 Å². The van der Waals surface area contributed by atoms with Gasteiger partial charge in [0.05, 0.1) is 24.9 Å². The van der Waals surface area contributed by atoms with Crippen molar-refractivity contribution in [3.8, 4) is 11.5 Å². The van der Waals surface area contributed by atoms with Gasteiger partial charge in [0.1, 0.15) is 6.61 Å². The van der Waals surface area contributed by atoms with Crippen molar-refractivity contribution in [1.82, 2.24) is 5.43 Å². The molecule has 4 nitrogen and oxygen atoms in total. The molecule has 0 aliphatic heterocycles. The topological polar surface area (TPSA) is 42.8 Å². The van der Waals surface area contributed by atoms with Crippen molar-refractivity contribution >= 4 is 52.6 Å². The summed E-state index contributed by atoms with van der Waals surface area (Å²) in [4.78, 5) is 0. The maximum atomic E-state index is 6.41. The minimum absolute atomic E-state index is 0.267. The van der Waals surface area contributed by atoms with E-state index in [1.54, 1.807) is 43.7 Å². The lowest BCUT2D eigenvalue weighted by molar-refractivity contribution is 0.285. The maximum Gasteiger partial charge on any atom is 0.180 e. The van der Waals surface area contributed by atoms with Gasteiger partial charge in [-0.2, -0.15) is 5.10 Å². The first-order valence-corrected chi connectivity index (χ1v) is 10.4. The van der Waals surface area contributed by atoms with Crippen LogP contribution < -0.4 is 14.9 Å². The van der Waals surface area contributed by atoms with Gasteiger partial charge >= 0.3 is 0 Å². The Labute approximate surface area is 195 Å². The predicted molar refractivity (Wildman–Crippen MR) is 125 cm³/mol. The molecule has 0 atom stereocenters. The summed E-state index contributed by atoms with van der Waals surface area (Å²) in [5.74, 6) is 0.928. The Morgan fingerprint density at radius 2 is 1.60 bits per heavy atom. The maximum absolute atomic E-state index is 6.41. The SMILES string of the molecule is COc1cc(/C=N\NCc2c(Cl)cccc2Cl)cc(Cl)c1OCc1ccccc1Cl. The molecular weight excluding hydrogens is 466 g/mol. The van der Waals surface area contributed by atoms with Crippen LogP contribution in [0.5, 0.6) is 11.5 Å². The lowest BCUT2D eigenvalue weighted by atomic mass is 10.2. The number of ether oxygens (including phenoxy) is 2. The van der Waals surface area contributed by atoms with Crippen LogP contribution in [0.2, 0.25) is 20.1 Å². The highest BCUT2D eigenvalue weighted by molar-refractivity contribution is 6.36. The summed E-state index contributed by atoms with van der Waals surface area (Å²) in [6, 6.07) is 16.3. The third-order valence-corrected chi connectivity index (χ3v) is 5.56. The minimum atomic E-state index is 0.267. The van der Waals surface area contributed by atoms with E-state index in [1.807, 2.05) is 24.3 Å². The van der Waals surface area contributed by atoms with Crippen LogP contribution in [0.1, 0.15) is 16.7 Å². The molecule has 0 heterocycles. The summed E-state index contributed by atoms with van der Waals surface area (Å²) >= 11 is 24.9. The summed E-state index contributed by atoms with van der Waals surface area (Å²) in [7, 11) is 1.55. The Balaban J connectivity index is 1.68. The summed E-state index contributed by atoms with van der Waals surface area (Å²) < 4.78 is 11.3. The highest BCUT2D eigenvalue weighted by Gasteiger charge is 2.13. The molecule has 3 aromatic rings. The monoisotopic (exact) mass is 482 g/mol. The highest BCUT2D eigenvalue weighted by Crippen LogP contribution is 2.37. The van der Waals surface area contributed by atoms with Crippen LogP contribution in [0.4, 0.5) is 0 Å². The lowest BCUT2D eigenvalue weighted by Gasteiger charge is -2.14. The van der Waals surface area contributed by atoms with Crippen molar-refractivity contribution in [2.75, 3.05) is 7.11 Å². The van der Waals surface area contributed by atoms with E-state index in [4.69, 9.17) is 55.9 Å². The van der Waals surface area contributed by atoms with Crippen LogP contribution in [-0.2, 0) is 13.2 Å². The Hall–Kier alpha value is -2.11. The Bertz CT molecular complexity index is 1040. The van der Waals surface area contributed by atoms with Crippen LogP contribution >= 0.6 is 46.4 Å². The van der Waals surface area contributed by atoms with E-state index < -0.39 is 0 Å². The zero-order valence-electron chi connectivity index (χ0n) is 16.0. The molecule has 30 heavy (non-hydrogen) atoms. The number of methoxy groups -OCH3 is 1. The Morgan fingerprint density at radius 1 is 0.900 bits per heavy atom. The number of hydrazone groups is 1. The molecule has 8 heteroatoms. The second-order valence-corrected chi connectivity index (χ2v) is 7.84. The zero-order chi connectivity index (χ0) is 21.5. The molecule has 0 spiro atoms. The van der Waals surface area contributed by atoms with Gasteiger partial charge in [-0.3, -0.25) is 0 Å². The van der Waals surface area contributed by atoms with Crippen LogP contribution in [-0.4, -0.2) is 13.3 Å².